The largest absolute Gasteiger partial charge is 0.478 e. The molecule has 96 valence electrons. The van der Waals surface area contributed by atoms with Gasteiger partial charge in [-0.15, -0.1) is 0 Å². The highest BCUT2D eigenvalue weighted by Gasteiger charge is 2.14. The fourth-order valence-corrected chi connectivity index (χ4v) is 2.19. The van der Waals surface area contributed by atoms with Crippen LogP contribution in [0.5, 0.6) is 0 Å². The smallest absolute Gasteiger partial charge is 0.335 e. The van der Waals surface area contributed by atoms with Gasteiger partial charge in [-0.3, -0.25) is 0 Å². The first-order valence-corrected chi connectivity index (χ1v) is 5.82. The van der Waals surface area contributed by atoms with E-state index in [1.165, 1.54) is 0 Å². The Morgan fingerprint density at radius 2 is 2.16 bits per heavy atom. The highest BCUT2D eigenvalue weighted by Crippen LogP contribution is 2.27. The van der Waals surface area contributed by atoms with Crippen LogP contribution in [0.2, 0.25) is 0 Å². The lowest BCUT2D eigenvalue weighted by molar-refractivity contribution is 0.0697. The molecule has 5 nitrogen and oxygen atoms in total. The van der Waals surface area contributed by atoms with Crippen LogP contribution in [-0.2, 0) is 7.05 Å². The van der Waals surface area contributed by atoms with E-state index in [4.69, 9.17) is 9.52 Å². The van der Waals surface area contributed by atoms with Crippen molar-refractivity contribution in [2.45, 2.75) is 6.92 Å². The van der Waals surface area contributed by atoms with Gasteiger partial charge in [0.05, 0.1) is 28.4 Å². The highest BCUT2D eigenvalue weighted by atomic mass is 16.4. The summed E-state index contributed by atoms with van der Waals surface area (Å²) in [6.07, 6.45) is 1.62. The van der Waals surface area contributed by atoms with Crippen molar-refractivity contribution in [3.8, 4) is 11.4 Å². The zero-order valence-electron chi connectivity index (χ0n) is 10.5. The van der Waals surface area contributed by atoms with Crippen molar-refractivity contribution in [1.29, 1.82) is 0 Å². The Morgan fingerprint density at radius 3 is 2.79 bits per heavy atom. The molecule has 3 aromatic rings. The number of nitrogens with zero attached hydrogens (tertiary/aromatic N) is 2. The average Bonchev–Trinajstić information content (AvgIpc) is 2.93. The van der Waals surface area contributed by atoms with Crippen LogP contribution < -0.4 is 0 Å². The van der Waals surface area contributed by atoms with Gasteiger partial charge in [0.1, 0.15) is 11.6 Å². The van der Waals surface area contributed by atoms with Crippen molar-refractivity contribution in [3.63, 3.8) is 0 Å². The number of fused-ring (bicyclic) bond motifs is 1. The van der Waals surface area contributed by atoms with Crippen LogP contribution >= 0.6 is 0 Å². The lowest BCUT2D eigenvalue weighted by atomic mass is 10.2. The maximum atomic E-state index is 11.0. The third-order valence-electron chi connectivity index (χ3n) is 3.23. The van der Waals surface area contributed by atoms with Crippen molar-refractivity contribution >= 4 is 17.0 Å². The number of aromatic carboxylic acids is 1. The fraction of sp³-hybridized carbons (Fsp3) is 0.143. The number of hydrogen-bond acceptors (Lipinski definition) is 3. The summed E-state index contributed by atoms with van der Waals surface area (Å²) in [7, 11) is 1.90. The van der Waals surface area contributed by atoms with Crippen LogP contribution in [0.15, 0.2) is 34.9 Å². The SMILES string of the molecule is Cc1occc1-c1nc2cc(C(=O)O)ccc2n1C. The Balaban J connectivity index is 2.26. The van der Waals surface area contributed by atoms with E-state index in [1.54, 1.807) is 24.5 Å². The van der Waals surface area contributed by atoms with Crippen LogP contribution in [0, 0.1) is 6.92 Å². The normalized spacial score (nSPS) is 11.1. The van der Waals surface area contributed by atoms with Gasteiger partial charge >= 0.3 is 5.97 Å². The highest BCUT2D eigenvalue weighted by molar-refractivity contribution is 5.93. The Labute approximate surface area is 109 Å². The molecule has 0 fully saturated rings. The molecule has 0 saturated heterocycles. The predicted octanol–water partition coefficient (Wildman–Crippen LogP) is 2.84. The number of carboxylic acid groups (broad SMARTS) is 1. The lowest BCUT2D eigenvalue weighted by Crippen LogP contribution is -1.95. The summed E-state index contributed by atoms with van der Waals surface area (Å²) < 4.78 is 7.21. The average molecular weight is 256 g/mol. The zero-order valence-corrected chi connectivity index (χ0v) is 10.5. The summed E-state index contributed by atoms with van der Waals surface area (Å²) in [6, 6.07) is 6.79. The number of furan rings is 1. The van der Waals surface area contributed by atoms with Gasteiger partial charge in [0.25, 0.3) is 0 Å². The number of benzene rings is 1. The zero-order chi connectivity index (χ0) is 13.6. The summed E-state index contributed by atoms with van der Waals surface area (Å²) in [5.41, 5.74) is 2.70. The van der Waals surface area contributed by atoms with Crippen LogP contribution in [0.3, 0.4) is 0 Å². The molecule has 0 radical (unpaired) electrons. The van der Waals surface area contributed by atoms with Gasteiger partial charge < -0.3 is 14.1 Å². The van der Waals surface area contributed by atoms with Gasteiger partial charge in [-0.25, -0.2) is 9.78 Å². The first kappa shape index (κ1) is 11.5. The van der Waals surface area contributed by atoms with Crippen LogP contribution in [-0.4, -0.2) is 20.6 Å². The Morgan fingerprint density at radius 1 is 1.37 bits per heavy atom. The quantitative estimate of drug-likeness (QED) is 0.765. The number of carboxylic acids is 1. The number of rotatable bonds is 2. The molecule has 19 heavy (non-hydrogen) atoms. The van der Waals surface area contributed by atoms with Gasteiger partial charge in [0.15, 0.2) is 0 Å². The number of aryl methyl sites for hydroxylation is 2. The third kappa shape index (κ3) is 1.71. The first-order chi connectivity index (χ1) is 9.08. The van der Waals surface area contributed by atoms with Crippen molar-refractivity contribution in [2.24, 2.45) is 7.05 Å². The summed E-state index contributed by atoms with van der Waals surface area (Å²) >= 11 is 0. The van der Waals surface area contributed by atoms with Gasteiger partial charge in [-0.2, -0.15) is 0 Å². The van der Waals surface area contributed by atoms with E-state index in [-0.39, 0.29) is 5.56 Å². The molecular weight excluding hydrogens is 244 g/mol. The maximum absolute atomic E-state index is 11.0. The Kier molecular flexibility index (Phi) is 2.41. The predicted molar refractivity (Wildman–Crippen MR) is 70.1 cm³/mol. The fourth-order valence-electron chi connectivity index (χ4n) is 2.19. The summed E-state index contributed by atoms with van der Waals surface area (Å²) in [5.74, 6) is 0.606. The molecule has 2 heterocycles. The Bertz CT molecular complexity index is 783. The van der Waals surface area contributed by atoms with E-state index in [0.29, 0.717) is 5.52 Å². The van der Waals surface area contributed by atoms with Crippen LogP contribution in [0.4, 0.5) is 0 Å². The molecule has 0 bridgehead atoms. The maximum Gasteiger partial charge on any atom is 0.335 e. The van der Waals surface area contributed by atoms with Gasteiger partial charge in [0, 0.05) is 7.05 Å². The number of imidazole rings is 1. The molecule has 1 aromatic carbocycles. The van der Waals surface area contributed by atoms with E-state index in [9.17, 15) is 4.79 Å². The summed E-state index contributed by atoms with van der Waals surface area (Å²) in [4.78, 5) is 15.5. The molecule has 3 rings (SSSR count). The molecule has 5 heteroatoms. The van der Waals surface area contributed by atoms with Gasteiger partial charge in [-0.05, 0) is 31.2 Å². The topological polar surface area (TPSA) is 68.3 Å². The molecule has 1 N–H and O–H groups in total. The van der Waals surface area contributed by atoms with Gasteiger partial charge in [0.2, 0.25) is 0 Å². The molecule has 0 spiro atoms. The van der Waals surface area contributed by atoms with Crippen molar-refractivity contribution in [2.75, 3.05) is 0 Å². The second kappa shape index (κ2) is 3.98. The van der Waals surface area contributed by atoms with E-state index < -0.39 is 5.97 Å². The molecule has 2 aromatic heterocycles. The first-order valence-electron chi connectivity index (χ1n) is 5.82. The van der Waals surface area contributed by atoms with Crippen molar-refractivity contribution in [1.82, 2.24) is 9.55 Å². The van der Waals surface area contributed by atoms with E-state index in [0.717, 1.165) is 22.7 Å². The standard InChI is InChI=1S/C14H12N2O3/c1-8-10(5-6-19-8)13-15-11-7-9(14(17)18)3-4-12(11)16(13)2/h3-7H,1-2H3,(H,17,18). The Hall–Kier alpha value is -2.56. The number of carbonyl (C=O) groups is 1. The monoisotopic (exact) mass is 256 g/mol. The molecule has 0 aliphatic heterocycles. The molecule has 0 saturated carbocycles. The summed E-state index contributed by atoms with van der Waals surface area (Å²) in [5, 5.41) is 9.00. The minimum atomic E-state index is -0.950. The van der Waals surface area contributed by atoms with Crippen LogP contribution in [0.25, 0.3) is 22.4 Å². The third-order valence-corrected chi connectivity index (χ3v) is 3.23. The number of aromatic nitrogens is 2. The van der Waals surface area contributed by atoms with E-state index in [2.05, 4.69) is 4.98 Å². The molecular formula is C14H12N2O3. The van der Waals surface area contributed by atoms with Crippen molar-refractivity contribution in [3.05, 3.63) is 41.9 Å². The second-order valence-corrected chi connectivity index (χ2v) is 4.39. The van der Waals surface area contributed by atoms with Gasteiger partial charge in [-0.1, -0.05) is 0 Å². The van der Waals surface area contributed by atoms with E-state index >= 15 is 0 Å². The lowest BCUT2D eigenvalue weighted by Gasteiger charge is -2.00. The minimum absolute atomic E-state index is 0.237. The second-order valence-electron chi connectivity index (χ2n) is 4.39. The molecule has 0 unspecified atom stereocenters. The minimum Gasteiger partial charge on any atom is -0.478 e. The number of hydrogen-bond donors (Lipinski definition) is 1. The molecule has 0 aliphatic carbocycles. The van der Waals surface area contributed by atoms with E-state index in [1.807, 2.05) is 24.6 Å². The van der Waals surface area contributed by atoms with Crippen molar-refractivity contribution < 1.29 is 14.3 Å². The molecule has 0 amide bonds. The molecule has 0 atom stereocenters. The molecule has 0 aliphatic rings. The summed E-state index contributed by atoms with van der Waals surface area (Å²) in [6.45, 7) is 1.87. The van der Waals surface area contributed by atoms with Crippen LogP contribution in [0.1, 0.15) is 16.1 Å².